The van der Waals surface area contributed by atoms with E-state index in [1.807, 2.05) is 0 Å². The molecule has 0 aliphatic rings. The maximum atomic E-state index is 3.86. The molecule has 0 saturated heterocycles. The van der Waals surface area contributed by atoms with Gasteiger partial charge in [0, 0.05) is 8.04 Å². The first-order valence-corrected chi connectivity index (χ1v) is 9.56. The summed E-state index contributed by atoms with van der Waals surface area (Å²) in [5.41, 5.74) is 5.51. The molecule has 0 radical (unpaired) electrons. The van der Waals surface area contributed by atoms with Gasteiger partial charge in [-0.15, -0.1) is 0 Å². The minimum atomic E-state index is 0.225. The third-order valence-corrected chi connectivity index (χ3v) is 5.93. The second kappa shape index (κ2) is 7.41. The van der Waals surface area contributed by atoms with Gasteiger partial charge in [0.05, 0.1) is 4.83 Å². The average molecular weight is 508 g/mol. The van der Waals surface area contributed by atoms with Gasteiger partial charge in [0.1, 0.15) is 0 Å². The summed E-state index contributed by atoms with van der Waals surface area (Å²) in [5, 5.41) is 0. The summed E-state index contributed by atoms with van der Waals surface area (Å²) in [6.07, 6.45) is 2.19. The highest BCUT2D eigenvalue weighted by Gasteiger charge is 2.15. The van der Waals surface area contributed by atoms with Crippen LogP contribution in [0.25, 0.3) is 0 Å². The molecule has 0 amide bonds. The van der Waals surface area contributed by atoms with Crippen LogP contribution in [0.4, 0.5) is 0 Å². The van der Waals surface area contributed by atoms with Gasteiger partial charge in [0.25, 0.3) is 0 Å². The standard InChI is InChI=1S/C17H17Br2I/c1-3-11-5-6-13(9-12(11)4-2)17(19)15-10-14(20)7-8-16(15)18/h5-10,17H,3-4H2,1-2H3. The second-order valence-corrected chi connectivity index (χ2v) is 7.78. The highest BCUT2D eigenvalue weighted by molar-refractivity contribution is 14.1. The van der Waals surface area contributed by atoms with Gasteiger partial charge in [-0.05, 0) is 75.9 Å². The van der Waals surface area contributed by atoms with Crippen molar-refractivity contribution in [3.63, 3.8) is 0 Å². The first kappa shape index (κ1) is 16.5. The van der Waals surface area contributed by atoms with Crippen LogP contribution in [0.15, 0.2) is 40.9 Å². The van der Waals surface area contributed by atoms with Crippen LogP contribution in [-0.2, 0) is 12.8 Å². The SMILES string of the molecule is CCc1ccc(C(Br)c2cc(I)ccc2Br)cc1CC. The van der Waals surface area contributed by atoms with E-state index in [2.05, 4.69) is 105 Å². The molecule has 0 bridgehead atoms. The molecule has 0 heterocycles. The fraction of sp³-hybridized carbons (Fsp3) is 0.294. The van der Waals surface area contributed by atoms with Crippen molar-refractivity contribution in [1.82, 2.24) is 0 Å². The predicted molar refractivity (Wildman–Crippen MR) is 103 cm³/mol. The average Bonchev–Trinajstić information content (AvgIpc) is 2.48. The zero-order valence-corrected chi connectivity index (χ0v) is 16.9. The van der Waals surface area contributed by atoms with Gasteiger partial charge >= 0.3 is 0 Å². The third kappa shape index (κ3) is 3.66. The van der Waals surface area contributed by atoms with Crippen LogP contribution in [0.5, 0.6) is 0 Å². The van der Waals surface area contributed by atoms with Crippen LogP contribution in [0.3, 0.4) is 0 Å². The van der Waals surface area contributed by atoms with E-state index in [0.29, 0.717) is 0 Å². The van der Waals surface area contributed by atoms with Gasteiger partial charge in [-0.1, -0.05) is 63.9 Å². The number of halogens is 3. The lowest BCUT2D eigenvalue weighted by Gasteiger charge is -2.16. The summed E-state index contributed by atoms with van der Waals surface area (Å²) in [6.45, 7) is 4.44. The summed E-state index contributed by atoms with van der Waals surface area (Å²) < 4.78 is 2.41. The Balaban J connectivity index is 2.42. The Morgan fingerprint density at radius 3 is 2.35 bits per heavy atom. The van der Waals surface area contributed by atoms with Crippen molar-refractivity contribution in [2.24, 2.45) is 0 Å². The summed E-state index contributed by atoms with van der Waals surface area (Å²) in [4.78, 5) is 0.225. The maximum absolute atomic E-state index is 3.86. The fourth-order valence-corrected chi connectivity index (χ4v) is 4.33. The van der Waals surface area contributed by atoms with E-state index in [0.717, 1.165) is 17.3 Å². The molecule has 0 nitrogen and oxygen atoms in total. The Hall–Kier alpha value is 0.130. The van der Waals surface area contributed by atoms with Crippen LogP contribution in [0.2, 0.25) is 0 Å². The van der Waals surface area contributed by atoms with Crippen LogP contribution in [-0.4, -0.2) is 0 Å². The first-order chi connectivity index (χ1) is 9.56. The van der Waals surface area contributed by atoms with Crippen molar-refractivity contribution in [2.45, 2.75) is 31.5 Å². The van der Waals surface area contributed by atoms with E-state index in [4.69, 9.17) is 0 Å². The van der Waals surface area contributed by atoms with Crippen molar-refractivity contribution in [3.05, 3.63) is 66.7 Å². The molecule has 0 N–H and O–H groups in total. The fourth-order valence-electron chi connectivity index (χ4n) is 2.37. The van der Waals surface area contributed by atoms with Gasteiger partial charge in [-0.2, -0.15) is 0 Å². The molecule has 2 aromatic rings. The summed E-state index contributed by atoms with van der Waals surface area (Å²) in [7, 11) is 0. The molecule has 0 aliphatic heterocycles. The molecule has 0 spiro atoms. The quantitative estimate of drug-likeness (QED) is 0.320. The Morgan fingerprint density at radius 2 is 1.70 bits per heavy atom. The third-order valence-electron chi connectivity index (χ3n) is 3.52. The van der Waals surface area contributed by atoms with Gasteiger partial charge < -0.3 is 0 Å². The summed E-state index contributed by atoms with van der Waals surface area (Å²) in [6, 6.07) is 13.3. The Bertz CT molecular complexity index is 608. The number of hydrogen-bond donors (Lipinski definition) is 0. The molecule has 1 unspecified atom stereocenters. The molecule has 3 heteroatoms. The normalized spacial score (nSPS) is 12.4. The molecular formula is C17H17Br2I. The van der Waals surface area contributed by atoms with Crippen molar-refractivity contribution in [1.29, 1.82) is 0 Å². The molecule has 106 valence electrons. The first-order valence-electron chi connectivity index (χ1n) is 6.77. The number of rotatable bonds is 4. The number of hydrogen-bond acceptors (Lipinski definition) is 0. The predicted octanol–water partition coefficient (Wildman–Crippen LogP) is 6.66. The molecule has 2 aromatic carbocycles. The molecule has 0 aliphatic carbocycles. The zero-order valence-electron chi connectivity index (χ0n) is 11.6. The van der Waals surface area contributed by atoms with E-state index in [9.17, 15) is 0 Å². The summed E-state index contributed by atoms with van der Waals surface area (Å²) >= 11 is 9.87. The second-order valence-electron chi connectivity index (χ2n) is 4.76. The molecule has 0 aromatic heterocycles. The van der Waals surface area contributed by atoms with Gasteiger partial charge in [-0.25, -0.2) is 0 Å². The number of alkyl halides is 1. The highest BCUT2D eigenvalue weighted by atomic mass is 127. The van der Waals surface area contributed by atoms with Crippen LogP contribution in [0.1, 0.15) is 40.9 Å². The lowest BCUT2D eigenvalue weighted by atomic mass is 9.96. The van der Waals surface area contributed by atoms with Crippen molar-refractivity contribution >= 4 is 54.5 Å². The molecular weight excluding hydrogens is 491 g/mol. The molecule has 1 atom stereocenters. The Kier molecular flexibility index (Phi) is 6.11. The van der Waals surface area contributed by atoms with Crippen LogP contribution in [0, 0.1) is 3.57 Å². The van der Waals surface area contributed by atoms with Crippen LogP contribution >= 0.6 is 54.5 Å². The smallest absolute Gasteiger partial charge is 0.0656 e. The number of benzene rings is 2. The van der Waals surface area contributed by atoms with E-state index in [1.54, 1.807) is 0 Å². The largest absolute Gasteiger partial charge is 0.0786 e. The number of aryl methyl sites for hydroxylation is 2. The van der Waals surface area contributed by atoms with Gasteiger partial charge in [0.15, 0.2) is 0 Å². The molecule has 0 saturated carbocycles. The topological polar surface area (TPSA) is 0 Å². The Morgan fingerprint density at radius 1 is 1.00 bits per heavy atom. The molecule has 20 heavy (non-hydrogen) atoms. The minimum Gasteiger partial charge on any atom is -0.0786 e. The summed E-state index contributed by atoms with van der Waals surface area (Å²) in [5.74, 6) is 0. The lowest BCUT2D eigenvalue weighted by Crippen LogP contribution is -1.98. The molecule has 2 rings (SSSR count). The van der Waals surface area contributed by atoms with E-state index >= 15 is 0 Å². The highest BCUT2D eigenvalue weighted by Crippen LogP contribution is 2.37. The van der Waals surface area contributed by atoms with Gasteiger partial charge in [0.2, 0.25) is 0 Å². The van der Waals surface area contributed by atoms with E-state index in [1.165, 1.54) is 25.8 Å². The van der Waals surface area contributed by atoms with Crippen molar-refractivity contribution in [3.8, 4) is 0 Å². The van der Waals surface area contributed by atoms with Crippen LogP contribution < -0.4 is 0 Å². The van der Waals surface area contributed by atoms with Crippen molar-refractivity contribution in [2.75, 3.05) is 0 Å². The zero-order chi connectivity index (χ0) is 14.7. The monoisotopic (exact) mass is 506 g/mol. The Labute approximate surface area is 151 Å². The maximum Gasteiger partial charge on any atom is 0.0656 e. The van der Waals surface area contributed by atoms with Gasteiger partial charge in [-0.3, -0.25) is 0 Å². The van der Waals surface area contributed by atoms with E-state index < -0.39 is 0 Å². The van der Waals surface area contributed by atoms with E-state index in [-0.39, 0.29) is 4.83 Å². The minimum absolute atomic E-state index is 0.225. The van der Waals surface area contributed by atoms with Crippen molar-refractivity contribution < 1.29 is 0 Å². The molecule has 0 fully saturated rings. The lowest BCUT2D eigenvalue weighted by molar-refractivity contribution is 1.02.